The summed E-state index contributed by atoms with van der Waals surface area (Å²) in [7, 11) is 0. The van der Waals surface area contributed by atoms with Gasteiger partial charge in [0.2, 0.25) is 35.4 Å². The van der Waals surface area contributed by atoms with Gasteiger partial charge in [0.1, 0.15) is 24.2 Å². The van der Waals surface area contributed by atoms with Crippen LogP contribution in [0.3, 0.4) is 0 Å². The molecule has 0 aromatic carbocycles. The molecule has 0 bridgehead atoms. The Hall–Kier alpha value is -6.16. The van der Waals surface area contributed by atoms with E-state index in [-0.39, 0.29) is 45.1 Å². The number of carboxylic acids is 1. The van der Waals surface area contributed by atoms with Gasteiger partial charge in [0, 0.05) is 67.9 Å². The summed E-state index contributed by atoms with van der Waals surface area (Å²) in [4.78, 5) is 113. The number of aromatic amines is 3. The highest BCUT2D eigenvalue weighted by Gasteiger charge is 2.40. The van der Waals surface area contributed by atoms with Crippen LogP contribution >= 0.6 is 0 Å². The van der Waals surface area contributed by atoms with Gasteiger partial charge in [-0.05, 0) is 26.2 Å². The molecule has 3 aromatic heterocycles. The van der Waals surface area contributed by atoms with Crippen LogP contribution in [-0.4, -0.2) is 135 Å². The van der Waals surface area contributed by atoms with E-state index in [1.54, 1.807) is 0 Å². The third-order valence-electron chi connectivity index (χ3n) is 8.73. The number of primary amides is 1. The van der Waals surface area contributed by atoms with Crippen LogP contribution in [0.1, 0.15) is 49.7 Å². The van der Waals surface area contributed by atoms with Gasteiger partial charge < -0.3 is 62.8 Å². The molecule has 3 aromatic rings. The van der Waals surface area contributed by atoms with Gasteiger partial charge in [0.25, 0.3) is 0 Å². The minimum absolute atomic E-state index is 0.0411. The normalized spacial score (nSPS) is 17.3. The van der Waals surface area contributed by atoms with Crippen molar-refractivity contribution in [3.05, 3.63) is 54.7 Å². The number of H-pyrrole nitrogens is 3. The van der Waals surface area contributed by atoms with Crippen LogP contribution in [0.15, 0.2) is 37.6 Å². The Morgan fingerprint density at radius 1 is 0.815 bits per heavy atom. The Bertz CT molecular complexity index is 1730. The molecule has 0 radical (unpaired) electrons. The van der Waals surface area contributed by atoms with E-state index in [1.165, 1.54) is 42.5 Å². The van der Waals surface area contributed by atoms with Crippen LogP contribution in [0.2, 0.25) is 0 Å². The second kappa shape index (κ2) is 19.1. The van der Waals surface area contributed by atoms with Gasteiger partial charge in [0.05, 0.1) is 31.1 Å². The van der Waals surface area contributed by atoms with Crippen molar-refractivity contribution in [2.75, 3.05) is 6.54 Å². The second-order valence-electron chi connectivity index (χ2n) is 12.9. The van der Waals surface area contributed by atoms with Gasteiger partial charge in [-0.1, -0.05) is 0 Å². The number of imidazole rings is 3. The zero-order valence-corrected chi connectivity index (χ0v) is 29.4. The number of hydrogen-bond acceptors (Lipinski definition) is 12. The van der Waals surface area contributed by atoms with Gasteiger partial charge in [-0.2, -0.15) is 0 Å². The molecule has 4 rings (SSSR count). The highest BCUT2D eigenvalue weighted by molar-refractivity contribution is 5.97. The molecule has 4 heterocycles. The third kappa shape index (κ3) is 11.4. The van der Waals surface area contributed by atoms with Crippen molar-refractivity contribution in [3.8, 4) is 0 Å². The second-order valence-corrected chi connectivity index (χ2v) is 12.9. The highest BCUT2D eigenvalue weighted by Crippen LogP contribution is 2.20. The number of nitrogens with one attached hydrogen (secondary N) is 7. The fourth-order valence-electron chi connectivity index (χ4n) is 5.89. The Morgan fingerprint density at radius 3 is 1.87 bits per heavy atom. The standard InChI is InChI=1S/C32H45N13O9/c1-16(46)26(32(53)54)44-28(49)21(4-5-25(34)47)41-30(51)24-3-2-6-45(24)31(52)23(9-19-12-37-15-40-19)43-29(50)22(8-18-11-36-14-39-18)42-27(48)20(33)7-17-10-35-13-38-17/h10-16,20-24,26,46H,2-9,33H2,1H3,(H2,34,47)(H,35,38)(H,36,39)(H,37,40)(H,41,51)(H,42,48)(H,43,50)(H,44,49)(H,53,54)/t16-,20+,21+,22+,23+,24+,26+/m1/s1. The summed E-state index contributed by atoms with van der Waals surface area (Å²) < 4.78 is 0. The maximum atomic E-state index is 14.2. The van der Waals surface area contributed by atoms with E-state index < -0.39 is 83.8 Å². The van der Waals surface area contributed by atoms with Crippen molar-refractivity contribution in [3.63, 3.8) is 0 Å². The number of carbonyl (C=O) groups excluding carboxylic acids is 6. The van der Waals surface area contributed by atoms with E-state index in [9.17, 15) is 43.8 Å². The molecule has 1 aliphatic rings. The van der Waals surface area contributed by atoms with Crippen LogP contribution in [0, 0.1) is 0 Å². The molecule has 292 valence electrons. The molecule has 1 fully saturated rings. The van der Waals surface area contributed by atoms with Crippen molar-refractivity contribution in [1.82, 2.24) is 56.1 Å². The number of nitrogens with zero attached hydrogens (tertiary/aromatic N) is 4. The molecule has 7 atom stereocenters. The average molecular weight is 756 g/mol. The Labute approximate surface area is 308 Å². The summed E-state index contributed by atoms with van der Waals surface area (Å²) in [6.45, 7) is 1.26. The van der Waals surface area contributed by atoms with Gasteiger partial charge in [-0.15, -0.1) is 0 Å². The lowest BCUT2D eigenvalue weighted by atomic mass is 10.0. The fourth-order valence-corrected chi connectivity index (χ4v) is 5.89. The summed E-state index contributed by atoms with van der Waals surface area (Å²) in [5.74, 6) is -6.13. The van der Waals surface area contributed by atoms with Crippen LogP contribution in [0.4, 0.5) is 0 Å². The molecule has 0 aliphatic carbocycles. The highest BCUT2D eigenvalue weighted by atomic mass is 16.4. The first-order valence-corrected chi connectivity index (χ1v) is 17.1. The van der Waals surface area contributed by atoms with E-state index in [2.05, 4.69) is 51.2 Å². The molecule has 0 unspecified atom stereocenters. The molecule has 1 saturated heterocycles. The number of aromatic nitrogens is 6. The zero-order valence-electron chi connectivity index (χ0n) is 29.4. The number of hydrogen-bond donors (Lipinski definition) is 11. The Morgan fingerprint density at radius 2 is 1.35 bits per heavy atom. The number of aliphatic hydroxyl groups is 1. The lowest BCUT2D eigenvalue weighted by Crippen LogP contribution is -2.60. The third-order valence-corrected chi connectivity index (χ3v) is 8.73. The fraction of sp³-hybridized carbons (Fsp3) is 0.500. The number of amides is 6. The topological polar surface area (TPSA) is 349 Å². The van der Waals surface area contributed by atoms with Crippen molar-refractivity contribution >= 4 is 41.4 Å². The van der Waals surface area contributed by atoms with Gasteiger partial charge in [-0.3, -0.25) is 28.8 Å². The summed E-state index contributed by atoms with van der Waals surface area (Å²) in [6, 6.07) is -7.84. The number of aliphatic carboxylic acids is 1. The van der Waals surface area contributed by atoms with Gasteiger partial charge in [-0.25, -0.2) is 19.7 Å². The number of likely N-dealkylation sites (tertiary alicyclic amines) is 1. The van der Waals surface area contributed by atoms with Crippen molar-refractivity contribution in [2.24, 2.45) is 11.5 Å². The first kappa shape index (κ1) is 40.6. The van der Waals surface area contributed by atoms with E-state index >= 15 is 0 Å². The summed E-state index contributed by atoms with van der Waals surface area (Å²) in [5.41, 5.74) is 13.0. The molecule has 13 N–H and O–H groups in total. The maximum Gasteiger partial charge on any atom is 0.328 e. The number of carboxylic acid groups (broad SMARTS) is 1. The largest absolute Gasteiger partial charge is 0.480 e. The molecule has 54 heavy (non-hydrogen) atoms. The lowest BCUT2D eigenvalue weighted by Gasteiger charge is -2.31. The van der Waals surface area contributed by atoms with Gasteiger partial charge >= 0.3 is 5.97 Å². The Balaban J connectivity index is 1.52. The maximum absolute atomic E-state index is 14.2. The minimum atomic E-state index is -1.71. The number of carbonyl (C=O) groups is 7. The predicted octanol–water partition coefficient (Wildman–Crippen LogP) is -4.13. The average Bonchev–Trinajstić information content (AvgIpc) is 3.96. The van der Waals surface area contributed by atoms with Crippen LogP contribution in [0.25, 0.3) is 0 Å². The lowest BCUT2D eigenvalue weighted by molar-refractivity contribution is -0.146. The predicted molar refractivity (Wildman–Crippen MR) is 185 cm³/mol. The molecule has 0 saturated carbocycles. The molecule has 22 heteroatoms. The molecule has 22 nitrogen and oxygen atoms in total. The van der Waals surface area contributed by atoms with E-state index in [0.29, 0.717) is 23.5 Å². The van der Waals surface area contributed by atoms with Gasteiger partial charge in [0.15, 0.2) is 6.04 Å². The molecule has 1 aliphatic heterocycles. The Kier molecular flexibility index (Phi) is 14.3. The SMILES string of the molecule is C[C@@H](O)[C@H](NC(=O)[C@H](CCC(N)=O)NC(=O)[C@@H]1CCCN1C(=O)[C@H](Cc1cnc[nH]1)NC(=O)[C@H](Cc1cnc[nH]1)NC(=O)[C@@H](N)Cc1cnc[nH]1)C(=O)O. The zero-order chi connectivity index (χ0) is 39.4. The van der Waals surface area contributed by atoms with Crippen molar-refractivity contribution in [2.45, 2.75) is 94.2 Å². The number of nitrogens with two attached hydrogens (primary N) is 2. The van der Waals surface area contributed by atoms with E-state index in [4.69, 9.17) is 11.5 Å². The van der Waals surface area contributed by atoms with Crippen LogP contribution in [0.5, 0.6) is 0 Å². The number of rotatable bonds is 20. The summed E-state index contributed by atoms with van der Waals surface area (Å²) in [5, 5.41) is 29.3. The van der Waals surface area contributed by atoms with Crippen LogP contribution < -0.4 is 32.7 Å². The molecule has 6 amide bonds. The first-order chi connectivity index (χ1) is 25.7. The first-order valence-electron chi connectivity index (χ1n) is 17.1. The summed E-state index contributed by atoms with van der Waals surface area (Å²) >= 11 is 0. The monoisotopic (exact) mass is 755 g/mol. The molecular formula is C32H45N13O9. The van der Waals surface area contributed by atoms with E-state index in [1.807, 2.05) is 0 Å². The van der Waals surface area contributed by atoms with E-state index in [0.717, 1.165) is 6.92 Å². The minimum Gasteiger partial charge on any atom is -0.480 e. The smallest absolute Gasteiger partial charge is 0.328 e. The molecule has 0 spiro atoms. The van der Waals surface area contributed by atoms with Crippen LogP contribution in [-0.2, 0) is 52.8 Å². The van der Waals surface area contributed by atoms with Crippen molar-refractivity contribution in [1.29, 1.82) is 0 Å². The molecular weight excluding hydrogens is 710 g/mol. The number of aliphatic hydroxyl groups excluding tert-OH is 1. The van der Waals surface area contributed by atoms with Crippen molar-refractivity contribution < 1.29 is 43.8 Å². The quantitative estimate of drug-likeness (QED) is 0.0523. The summed E-state index contributed by atoms with van der Waals surface area (Å²) in [6.07, 6.45) is 7.07.